The Morgan fingerprint density at radius 3 is 2.71 bits per heavy atom. The lowest BCUT2D eigenvalue weighted by atomic mass is 10.1. The highest BCUT2D eigenvalue weighted by molar-refractivity contribution is 7.98. The lowest BCUT2D eigenvalue weighted by molar-refractivity contribution is 0.141. The zero-order chi connectivity index (χ0) is 19.8. The normalized spacial score (nSPS) is 13.4. The van der Waals surface area contributed by atoms with Gasteiger partial charge >= 0.3 is 6.09 Å². The molecule has 0 aliphatic carbocycles. The van der Waals surface area contributed by atoms with Gasteiger partial charge in [0.05, 0.1) is 19.3 Å². The van der Waals surface area contributed by atoms with Crippen molar-refractivity contribution in [1.29, 1.82) is 0 Å². The second-order valence-corrected chi connectivity index (χ2v) is 6.95. The number of halogens is 2. The van der Waals surface area contributed by atoms with Crippen molar-refractivity contribution in [3.05, 3.63) is 53.2 Å². The van der Waals surface area contributed by atoms with Crippen molar-refractivity contribution in [3.8, 4) is 5.88 Å². The smallest absolute Gasteiger partial charge is 0.414 e. The van der Waals surface area contributed by atoms with Gasteiger partial charge in [0.2, 0.25) is 5.88 Å². The highest BCUT2D eigenvalue weighted by Crippen LogP contribution is 2.36. The molecule has 9 heteroatoms. The van der Waals surface area contributed by atoms with Crippen LogP contribution in [0.1, 0.15) is 11.1 Å². The third kappa shape index (κ3) is 3.11. The summed E-state index contributed by atoms with van der Waals surface area (Å²) in [6, 6.07) is 5.84. The highest BCUT2D eigenvalue weighted by Gasteiger charge is 2.30. The lowest BCUT2D eigenvalue weighted by Gasteiger charge is -2.30. The van der Waals surface area contributed by atoms with Gasteiger partial charge in [-0.1, -0.05) is 0 Å². The molecule has 0 saturated heterocycles. The van der Waals surface area contributed by atoms with Crippen LogP contribution < -0.4 is 9.64 Å². The summed E-state index contributed by atoms with van der Waals surface area (Å²) in [5.41, 5.74) is 1.25. The molecule has 0 atom stereocenters. The average molecular weight is 403 g/mol. The minimum absolute atomic E-state index is 0.0238. The van der Waals surface area contributed by atoms with E-state index in [4.69, 9.17) is 9.47 Å². The monoisotopic (exact) mass is 403 g/mol. The number of benzene rings is 1. The van der Waals surface area contributed by atoms with Crippen LogP contribution in [0.5, 0.6) is 5.88 Å². The largest absolute Gasteiger partial charge is 0.481 e. The van der Waals surface area contributed by atoms with E-state index in [9.17, 15) is 13.6 Å². The van der Waals surface area contributed by atoms with E-state index in [1.807, 2.05) is 0 Å². The fourth-order valence-corrected chi connectivity index (χ4v) is 3.53. The number of thioether (sulfide) groups is 1. The van der Waals surface area contributed by atoms with E-state index in [0.29, 0.717) is 33.1 Å². The van der Waals surface area contributed by atoms with Crippen LogP contribution in [0, 0.1) is 11.6 Å². The van der Waals surface area contributed by atoms with Crippen molar-refractivity contribution in [2.75, 3.05) is 18.3 Å². The predicted octanol–water partition coefficient (Wildman–Crippen LogP) is 4.30. The maximum Gasteiger partial charge on any atom is 0.414 e. The number of methoxy groups -OCH3 is 1. The van der Waals surface area contributed by atoms with Gasteiger partial charge in [-0.15, -0.1) is 11.8 Å². The number of amides is 1. The van der Waals surface area contributed by atoms with Gasteiger partial charge in [-0.05, 0) is 24.5 Å². The molecule has 0 N–H and O–H groups in total. The van der Waals surface area contributed by atoms with Crippen LogP contribution in [0.15, 0.2) is 35.4 Å². The van der Waals surface area contributed by atoms with Gasteiger partial charge in [0.1, 0.15) is 18.2 Å². The maximum absolute atomic E-state index is 14.5. The Hall–Kier alpha value is -2.94. The zero-order valence-corrected chi connectivity index (χ0v) is 15.8. The Morgan fingerprint density at radius 1 is 1.29 bits per heavy atom. The summed E-state index contributed by atoms with van der Waals surface area (Å²) in [4.78, 5) is 22.7. The number of nitrogens with zero attached hydrogens (tertiary/aromatic N) is 3. The summed E-state index contributed by atoms with van der Waals surface area (Å²) < 4.78 is 39.3. The summed E-state index contributed by atoms with van der Waals surface area (Å²) in [7, 11) is 1.49. The van der Waals surface area contributed by atoms with Crippen LogP contribution in [0.2, 0.25) is 0 Å². The molecule has 1 amide bonds. The minimum Gasteiger partial charge on any atom is -0.481 e. The number of carbonyl (C=O) groups is 1. The summed E-state index contributed by atoms with van der Waals surface area (Å²) in [6.45, 7) is -0.292. The van der Waals surface area contributed by atoms with E-state index in [1.54, 1.807) is 18.4 Å². The molecule has 0 spiro atoms. The molecule has 2 aromatic heterocycles. The molecule has 1 aliphatic rings. The Labute approximate surface area is 163 Å². The first-order valence-electron chi connectivity index (χ1n) is 8.30. The molecule has 144 valence electrons. The Morgan fingerprint density at radius 2 is 2.04 bits per heavy atom. The first-order valence-corrected chi connectivity index (χ1v) is 9.53. The Bertz CT molecular complexity index is 1070. The number of pyridine rings is 2. The standard InChI is InChI=1S/C19H15F2N3O3S/c1-26-16-4-3-12-17-10(7-22-18(12)23-16)9-27-19(25)24(17)8-13-14(20)5-11(28-2)6-15(13)21/h3-7H,8-9H2,1-2H3. The highest BCUT2D eigenvalue weighted by atomic mass is 32.2. The molecule has 3 heterocycles. The van der Waals surface area contributed by atoms with Crippen molar-refractivity contribution in [2.24, 2.45) is 0 Å². The summed E-state index contributed by atoms with van der Waals surface area (Å²) in [5.74, 6) is -1.07. The van der Waals surface area contributed by atoms with Crippen LogP contribution in [0.25, 0.3) is 11.0 Å². The molecule has 28 heavy (non-hydrogen) atoms. The molecule has 0 unspecified atom stereocenters. The summed E-state index contributed by atoms with van der Waals surface area (Å²) >= 11 is 1.23. The van der Waals surface area contributed by atoms with Gasteiger partial charge in [-0.3, -0.25) is 4.90 Å². The number of ether oxygens (including phenoxy) is 2. The summed E-state index contributed by atoms with van der Waals surface area (Å²) in [5, 5.41) is 0.566. The topological polar surface area (TPSA) is 64.6 Å². The van der Waals surface area contributed by atoms with E-state index < -0.39 is 17.7 Å². The molecule has 3 aromatic rings. The van der Waals surface area contributed by atoms with Gasteiger partial charge in [-0.25, -0.2) is 18.6 Å². The van der Waals surface area contributed by atoms with E-state index >= 15 is 0 Å². The molecule has 4 rings (SSSR count). The number of aromatic nitrogens is 2. The molecule has 1 aromatic carbocycles. The zero-order valence-electron chi connectivity index (χ0n) is 15.0. The van der Waals surface area contributed by atoms with E-state index in [0.717, 1.165) is 0 Å². The first kappa shape index (κ1) is 18.4. The average Bonchev–Trinajstić information content (AvgIpc) is 2.70. The van der Waals surface area contributed by atoms with E-state index in [1.165, 1.54) is 42.1 Å². The minimum atomic E-state index is -0.720. The predicted molar refractivity (Wildman–Crippen MR) is 101 cm³/mol. The van der Waals surface area contributed by atoms with E-state index in [2.05, 4.69) is 9.97 Å². The van der Waals surface area contributed by atoms with Crippen LogP contribution in [0.4, 0.5) is 19.3 Å². The van der Waals surface area contributed by atoms with Gasteiger partial charge < -0.3 is 9.47 Å². The van der Waals surface area contributed by atoms with Crippen LogP contribution >= 0.6 is 11.8 Å². The van der Waals surface area contributed by atoms with Crippen LogP contribution in [-0.2, 0) is 17.9 Å². The molecule has 0 bridgehead atoms. The molecule has 6 nitrogen and oxygen atoms in total. The van der Waals surface area contributed by atoms with Crippen molar-refractivity contribution in [1.82, 2.24) is 9.97 Å². The maximum atomic E-state index is 14.5. The van der Waals surface area contributed by atoms with Crippen molar-refractivity contribution in [3.63, 3.8) is 0 Å². The van der Waals surface area contributed by atoms with Gasteiger partial charge in [-0.2, -0.15) is 4.98 Å². The quantitative estimate of drug-likeness (QED) is 0.606. The number of rotatable bonds is 4. The number of fused-ring (bicyclic) bond motifs is 3. The fraction of sp³-hybridized carbons (Fsp3) is 0.211. The molecule has 0 saturated carbocycles. The van der Waals surface area contributed by atoms with Crippen molar-refractivity contribution in [2.45, 2.75) is 18.0 Å². The molecule has 1 aliphatic heterocycles. The van der Waals surface area contributed by atoms with Gasteiger partial charge in [0, 0.05) is 33.7 Å². The molecule has 0 fully saturated rings. The number of carbonyl (C=O) groups excluding carboxylic acids is 1. The summed E-state index contributed by atoms with van der Waals surface area (Å²) in [6.07, 6.45) is 2.57. The van der Waals surface area contributed by atoms with Gasteiger partial charge in [0.25, 0.3) is 0 Å². The number of anilines is 1. The second-order valence-electron chi connectivity index (χ2n) is 6.07. The van der Waals surface area contributed by atoms with E-state index in [-0.39, 0.29) is 18.7 Å². The molecular weight excluding hydrogens is 388 g/mol. The fourth-order valence-electron chi connectivity index (χ4n) is 3.08. The third-order valence-corrected chi connectivity index (χ3v) is 5.18. The van der Waals surface area contributed by atoms with Crippen molar-refractivity contribution < 1.29 is 23.0 Å². The number of cyclic esters (lactones) is 1. The van der Waals surface area contributed by atoms with Crippen molar-refractivity contribution >= 4 is 34.6 Å². The second kappa shape index (κ2) is 7.23. The third-order valence-electron chi connectivity index (χ3n) is 4.47. The van der Waals surface area contributed by atoms with Crippen LogP contribution in [0.3, 0.4) is 0 Å². The lowest BCUT2D eigenvalue weighted by Crippen LogP contribution is -2.36. The molecular formula is C19H15F2N3O3S. The Kier molecular flexibility index (Phi) is 4.76. The first-order chi connectivity index (χ1) is 13.5. The van der Waals surface area contributed by atoms with Crippen LogP contribution in [-0.4, -0.2) is 29.4 Å². The Balaban J connectivity index is 1.84. The molecule has 0 radical (unpaired) electrons. The van der Waals surface area contributed by atoms with Gasteiger partial charge in [0.15, 0.2) is 5.65 Å². The number of hydrogen-bond acceptors (Lipinski definition) is 6. The SMILES string of the molecule is COc1ccc2c3c(cnc2n1)COC(=O)N3Cc1c(F)cc(SC)cc1F. The number of hydrogen-bond donors (Lipinski definition) is 0.